The normalized spacial score (nSPS) is 12.8. The molecule has 5 nitrogen and oxygen atoms in total. The molecule has 6 heteroatoms. The summed E-state index contributed by atoms with van der Waals surface area (Å²) in [4.78, 5) is 22.3. The lowest BCUT2D eigenvalue weighted by Gasteiger charge is -2.27. The number of nitro groups is 1. The van der Waals surface area contributed by atoms with E-state index in [-0.39, 0.29) is 22.6 Å². The number of hydrogen-bond acceptors (Lipinski definition) is 3. The Balaban J connectivity index is 2.83. The first-order valence-electron chi connectivity index (χ1n) is 6.35. The van der Waals surface area contributed by atoms with Crippen LogP contribution < -0.4 is 5.32 Å². The number of benzene rings is 1. The second-order valence-electron chi connectivity index (χ2n) is 5.90. The first kappa shape index (κ1) is 16.6. The van der Waals surface area contributed by atoms with Gasteiger partial charge in [-0.15, -0.1) is 0 Å². The zero-order valence-electron chi connectivity index (χ0n) is 12.1. The molecule has 0 heterocycles. The van der Waals surface area contributed by atoms with E-state index < -0.39 is 4.92 Å². The number of halogens is 1. The molecule has 1 unspecified atom stereocenters. The molecule has 1 aromatic carbocycles. The van der Waals surface area contributed by atoms with Crippen molar-refractivity contribution in [3.8, 4) is 0 Å². The second kappa shape index (κ2) is 6.35. The second-order valence-corrected chi connectivity index (χ2v) is 6.75. The predicted molar refractivity (Wildman–Crippen MR) is 81.7 cm³/mol. The van der Waals surface area contributed by atoms with Gasteiger partial charge >= 0.3 is 0 Å². The SMILES string of the molecule is CC(CNC(=O)c1cc([N+](=O)[O-])ccc1Br)C(C)(C)C. The summed E-state index contributed by atoms with van der Waals surface area (Å²) in [5.41, 5.74) is 0.273. The summed E-state index contributed by atoms with van der Waals surface area (Å²) in [5.74, 6) is -0.0133. The van der Waals surface area contributed by atoms with E-state index >= 15 is 0 Å². The Hall–Kier alpha value is -1.43. The van der Waals surface area contributed by atoms with Gasteiger partial charge in [0.05, 0.1) is 10.5 Å². The highest BCUT2D eigenvalue weighted by Gasteiger charge is 2.21. The Morgan fingerprint density at radius 1 is 1.45 bits per heavy atom. The van der Waals surface area contributed by atoms with Crippen molar-refractivity contribution >= 4 is 27.5 Å². The van der Waals surface area contributed by atoms with Crippen LogP contribution in [0.25, 0.3) is 0 Å². The number of amides is 1. The fraction of sp³-hybridized carbons (Fsp3) is 0.500. The summed E-state index contributed by atoms with van der Waals surface area (Å²) in [6.45, 7) is 8.90. The molecule has 1 rings (SSSR count). The van der Waals surface area contributed by atoms with E-state index in [1.807, 2.05) is 0 Å². The largest absolute Gasteiger partial charge is 0.352 e. The lowest BCUT2D eigenvalue weighted by atomic mass is 9.82. The minimum absolute atomic E-state index is 0.0905. The Morgan fingerprint density at radius 3 is 2.55 bits per heavy atom. The van der Waals surface area contributed by atoms with Gasteiger partial charge < -0.3 is 5.32 Å². The van der Waals surface area contributed by atoms with Crippen LogP contribution in [0, 0.1) is 21.4 Å². The van der Waals surface area contributed by atoms with Crippen LogP contribution in [0.3, 0.4) is 0 Å². The number of nitrogens with zero attached hydrogens (tertiary/aromatic N) is 1. The fourth-order valence-electron chi connectivity index (χ4n) is 1.45. The number of hydrogen-bond donors (Lipinski definition) is 1. The van der Waals surface area contributed by atoms with Gasteiger partial charge in [0.15, 0.2) is 0 Å². The molecule has 0 saturated carbocycles. The molecular formula is C14H19BrN2O3. The maximum atomic E-state index is 12.1. The highest BCUT2D eigenvalue weighted by atomic mass is 79.9. The molecule has 1 N–H and O–H groups in total. The molecule has 0 bridgehead atoms. The van der Waals surface area contributed by atoms with Crippen LogP contribution in [0.4, 0.5) is 5.69 Å². The van der Waals surface area contributed by atoms with Crippen LogP contribution in [0.5, 0.6) is 0 Å². The van der Waals surface area contributed by atoms with Crippen LogP contribution in [-0.4, -0.2) is 17.4 Å². The van der Waals surface area contributed by atoms with Crippen molar-refractivity contribution in [3.63, 3.8) is 0 Å². The standard InChI is InChI=1S/C14H19BrN2O3/c1-9(14(2,3)4)8-16-13(18)11-7-10(17(19)20)5-6-12(11)15/h5-7,9H,8H2,1-4H3,(H,16,18). The van der Waals surface area contributed by atoms with Crippen LogP contribution in [0.15, 0.2) is 22.7 Å². The van der Waals surface area contributed by atoms with Crippen molar-refractivity contribution < 1.29 is 9.72 Å². The van der Waals surface area contributed by atoms with Gasteiger partial charge in [-0.25, -0.2) is 0 Å². The van der Waals surface area contributed by atoms with Crippen molar-refractivity contribution in [1.29, 1.82) is 0 Å². The van der Waals surface area contributed by atoms with Crippen molar-refractivity contribution in [2.24, 2.45) is 11.3 Å². The molecule has 0 aliphatic rings. The van der Waals surface area contributed by atoms with E-state index in [1.54, 1.807) is 0 Å². The van der Waals surface area contributed by atoms with Crippen molar-refractivity contribution in [1.82, 2.24) is 5.32 Å². The molecule has 0 aromatic heterocycles. The number of nitrogens with one attached hydrogen (secondary N) is 1. The highest BCUT2D eigenvalue weighted by molar-refractivity contribution is 9.10. The van der Waals surface area contributed by atoms with E-state index in [0.717, 1.165) is 0 Å². The van der Waals surface area contributed by atoms with Crippen molar-refractivity contribution in [2.45, 2.75) is 27.7 Å². The van der Waals surface area contributed by atoms with Gasteiger partial charge in [-0.3, -0.25) is 14.9 Å². The quantitative estimate of drug-likeness (QED) is 0.668. The van der Waals surface area contributed by atoms with Crippen LogP contribution in [0.2, 0.25) is 0 Å². The summed E-state index contributed by atoms with van der Waals surface area (Å²) in [6.07, 6.45) is 0. The fourth-order valence-corrected chi connectivity index (χ4v) is 1.87. The summed E-state index contributed by atoms with van der Waals surface area (Å²) < 4.78 is 0.545. The predicted octanol–water partition coefficient (Wildman–Crippen LogP) is 3.77. The number of carbonyl (C=O) groups is 1. The Labute approximate surface area is 127 Å². The summed E-state index contributed by atoms with van der Waals surface area (Å²) in [5, 5.41) is 13.6. The lowest BCUT2D eigenvalue weighted by molar-refractivity contribution is -0.384. The first-order chi connectivity index (χ1) is 9.12. The van der Waals surface area contributed by atoms with E-state index in [1.165, 1.54) is 18.2 Å². The molecule has 0 spiro atoms. The summed E-state index contributed by atoms with van der Waals surface area (Å²) in [7, 11) is 0. The van der Waals surface area contributed by atoms with Crippen LogP contribution in [-0.2, 0) is 0 Å². The van der Waals surface area contributed by atoms with Gasteiger partial charge in [0.25, 0.3) is 11.6 Å². The molecule has 1 aromatic rings. The maximum absolute atomic E-state index is 12.1. The van der Waals surface area contributed by atoms with Crippen LogP contribution in [0.1, 0.15) is 38.1 Å². The smallest absolute Gasteiger partial charge is 0.270 e. The molecule has 110 valence electrons. The third-order valence-electron chi connectivity index (χ3n) is 3.45. The van der Waals surface area contributed by atoms with Gasteiger partial charge in [0, 0.05) is 23.2 Å². The van der Waals surface area contributed by atoms with E-state index in [2.05, 4.69) is 48.9 Å². The number of non-ortho nitro benzene ring substituents is 1. The molecule has 0 aliphatic heterocycles. The van der Waals surface area contributed by atoms with E-state index in [4.69, 9.17) is 0 Å². The maximum Gasteiger partial charge on any atom is 0.270 e. The minimum Gasteiger partial charge on any atom is -0.352 e. The summed E-state index contributed by atoms with van der Waals surface area (Å²) in [6, 6.07) is 4.15. The minimum atomic E-state index is -0.513. The van der Waals surface area contributed by atoms with Gasteiger partial charge in [0.2, 0.25) is 0 Å². The lowest BCUT2D eigenvalue weighted by Crippen LogP contribution is -2.33. The van der Waals surface area contributed by atoms with Gasteiger partial charge in [-0.1, -0.05) is 27.7 Å². The molecular weight excluding hydrogens is 324 g/mol. The molecule has 0 saturated heterocycles. The zero-order chi connectivity index (χ0) is 15.5. The average Bonchev–Trinajstić information content (AvgIpc) is 2.34. The number of nitro benzene ring substituents is 1. The van der Waals surface area contributed by atoms with Crippen molar-refractivity contribution in [3.05, 3.63) is 38.3 Å². The Kier molecular flexibility index (Phi) is 5.28. The summed E-state index contributed by atoms with van der Waals surface area (Å²) >= 11 is 3.24. The first-order valence-corrected chi connectivity index (χ1v) is 7.14. The van der Waals surface area contributed by atoms with Gasteiger partial charge in [0.1, 0.15) is 0 Å². The molecule has 1 amide bonds. The molecule has 0 aliphatic carbocycles. The zero-order valence-corrected chi connectivity index (χ0v) is 13.7. The molecule has 1 atom stereocenters. The monoisotopic (exact) mass is 342 g/mol. The molecule has 0 fully saturated rings. The van der Waals surface area contributed by atoms with Gasteiger partial charge in [-0.2, -0.15) is 0 Å². The topological polar surface area (TPSA) is 72.2 Å². The third-order valence-corrected chi connectivity index (χ3v) is 4.14. The third kappa shape index (κ3) is 4.30. The number of rotatable bonds is 4. The van der Waals surface area contributed by atoms with E-state index in [9.17, 15) is 14.9 Å². The number of carbonyl (C=O) groups excluding carboxylic acids is 1. The Morgan fingerprint density at radius 2 is 2.05 bits per heavy atom. The van der Waals surface area contributed by atoms with Crippen LogP contribution >= 0.6 is 15.9 Å². The van der Waals surface area contributed by atoms with Gasteiger partial charge in [-0.05, 0) is 33.3 Å². The Bertz CT molecular complexity index is 524. The molecule has 0 radical (unpaired) electrons. The van der Waals surface area contributed by atoms with E-state index in [0.29, 0.717) is 16.9 Å². The molecule has 20 heavy (non-hydrogen) atoms. The highest BCUT2D eigenvalue weighted by Crippen LogP contribution is 2.25. The van der Waals surface area contributed by atoms with Crippen molar-refractivity contribution in [2.75, 3.05) is 6.54 Å². The average molecular weight is 343 g/mol.